The minimum atomic E-state index is -2.27. The van der Waals surface area contributed by atoms with Gasteiger partial charge in [-0.1, -0.05) is 0 Å². The van der Waals surface area contributed by atoms with E-state index in [1.807, 2.05) is 0 Å². The topological polar surface area (TPSA) is 294 Å². The average Bonchev–Trinajstić information content (AvgIpc) is 2.66. The van der Waals surface area contributed by atoms with E-state index in [4.69, 9.17) is 56.2 Å². The first-order valence-electron chi connectivity index (χ1n) is 7.96. The monoisotopic (exact) mass is 449 g/mol. The summed E-state index contributed by atoms with van der Waals surface area (Å²) in [4.78, 5) is 40.9. The van der Waals surface area contributed by atoms with Crippen molar-refractivity contribution in [3.05, 3.63) is 0 Å². The molecule has 0 aromatic rings. The first-order valence-corrected chi connectivity index (χ1v) is 7.96. The van der Waals surface area contributed by atoms with Crippen molar-refractivity contribution in [1.82, 2.24) is 4.90 Å². The molecule has 4 atom stereocenters. The molecule has 0 rings (SSSR count). The lowest BCUT2D eigenvalue weighted by Crippen LogP contribution is -2.39. The van der Waals surface area contributed by atoms with Gasteiger partial charge in [-0.05, 0) is 0 Å². The molecule has 0 heterocycles. The highest BCUT2D eigenvalue weighted by Crippen LogP contribution is 1.93. The van der Waals surface area contributed by atoms with Crippen molar-refractivity contribution in [2.75, 3.05) is 39.5 Å². The molecule has 0 fully saturated rings. The Hall–Kier alpha value is -2.44. The van der Waals surface area contributed by atoms with E-state index in [0.717, 1.165) is 0 Å². The molecule has 11 N–H and O–H groups in total. The van der Waals surface area contributed by atoms with Crippen molar-refractivity contribution in [3.63, 3.8) is 0 Å². The Kier molecular flexibility index (Phi) is 20.0. The smallest absolute Gasteiger partial charge is 0.335 e. The van der Waals surface area contributed by atoms with E-state index in [1.165, 1.54) is 0 Å². The molecule has 178 valence electrons. The Bertz CT molecular complexity index is 427. The number of carboxylic acid groups (broad SMARTS) is 4. The maximum atomic E-state index is 9.77. The summed E-state index contributed by atoms with van der Waals surface area (Å²) in [5.41, 5.74) is 0. The summed E-state index contributed by atoms with van der Waals surface area (Å²) < 4.78 is 0. The molecule has 0 aromatic carbocycles. The zero-order valence-electron chi connectivity index (χ0n) is 15.6. The summed E-state index contributed by atoms with van der Waals surface area (Å²) in [6.07, 6.45) is -9.06. The molecule has 0 aromatic heterocycles. The van der Waals surface area contributed by atoms with Gasteiger partial charge in [0.25, 0.3) is 0 Å². The van der Waals surface area contributed by atoms with Crippen LogP contribution < -0.4 is 0 Å². The predicted octanol–water partition coefficient (Wildman–Crippen LogP) is -5.98. The number of aliphatic hydroxyl groups is 7. The first-order chi connectivity index (χ1) is 13.8. The summed E-state index contributed by atoms with van der Waals surface area (Å²) in [6, 6.07) is 0. The summed E-state index contributed by atoms with van der Waals surface area (Å²) in [6.45, 7) is 1.75. The van der Waals surface area contributed by atoms with E-state index >= 15 is 0 Å². The minimum Gasteiger partial charge on any atom is -0.479 e. The number of carbonyl (C=O) groups is 4. The molecule has 0 saturated heterocycles. The van der Waals surface area contributed by atoms with Crippen LogP contribution in [0.4, 0.5) is 0 Å². The molecule has 0 spiro atoms. The molecule has 0 radical (unpaired) electrons. The Morgan fingerprint density at radius 2 is 0.667 bits per heavy atom. The lowest BCUT2D eigenvalue weighted by molar-refractivity contribution is -0.165. The van der Waals surface area contributed by atoms with Gasteiger partial charge in [-0.2, -0.15) is 0 Å². The molecule has 4 unspecified atom stereocenters. The van der Waals surface area contributed by atoms with Crippen molar-refractivity contribution in [1.29, 1.82) is 0 Å². The number of carboxylic acids is 4. The number of nitrogens with zero attached hydrogens (tertiary/aromatic N) is 1. The second-order valence-electron chi connectivity index (χ2n) is 5.14. The van der Waals surface area contributed by atoms with E-state index in [0.29, 0.717) is 19.6 Å². The van der Waals surface area contributed by atoms with E-state index in [9.17, 15) is 19.2 Å². The van der Waals surface area contributed by atoms with Gasteiger partial charge in [-0.3, -0.25) is 4.90 Å². The van der Waals surface area contributed by atoms with Crippen molar-refractivity contribution in [3.8, 4) is 0 Å². The van der Waals surface area contributed by atoms with Gasteiger partial charge in [0.2, 0.25) is 0 Å². The molecule has 0 bridgehead atoms. The normalized spacial score (nSPS) is 14.1. The SMILES string of the molecule is O=C(O)C(O)C(O)C(=O)O.O=C(O)C(O)C(O)C(=O)O.OCCN(CCO)CCO. The van der Waals surface area contributed by atoms with E-state index in [-0.39, 0.29) is 19.8 Å². The zero-order chi connectivity index (χ0) is 24.4. The summed E-state index contributed by atoms with van der Waals surface area (Å²) in [5, 5.41) is 90.5. The fourth-order valence-electron chi connectivity index (χ4n) is 1.30. The van der Waals surface area contributed by atoms with Gasteiger partial charge in [0.1, 0.15) is 0 Å². The Labute approximate surface area is 169 Å². The van der Waals surface area contributed by atoms with Crippen molar-refractivity contribution < 1.29 is 75.3 Å². The first kappa shape index (κ1) is 32.2. The highest BCUT2D eigenvalue weighted by atomic mass is 16.4. The average molecular weight is 449 g/mol. The van der Waals surface area contributed by atoms with E-state index in [2.05, 4.69) is 0 Å². The lowest BCUT2D eigenvalue weighted by atomic mass is 10.2. The number of rotatable bonds is 12. The highest BCUT2D eigenvalue weighted by Gasteiger charge is 2.30. The molecule has 0 saturated carbocycles. The van der Waals surface area contributed by atoms with E-state index < -0.39 is 48.3 Å². The third-order valence-corrected chi connectivity index (χ3v) is 2.86. The van der Waals surface area contributed by atoms with Crippen LogP contribution in [0.2, 0.25) is 0 Å². The fourth-order valence-corrected chi connectivity index (χ4v) is 1.30. The van der Waals surface area contributed by atoms with Crippen molar-refractivity contribution in [2.45, 2.75) is 24.4 Å². The van der Waals surface area contributed by atoms with Gasteiger partial charge >= 0.3 is 23.9 Å². The summed E-state index contributed by atoms with van der Waals surface area (Å²) >= 11 is 0. The fraction of sp³-hybridized carbons (Fsp3) is 0.714. The number of hydrogen-bond donors (Lipinski definition) is 11. The second kappa shape index (κ2) is 18.6. The Balaban J connectivity index is -0.000000364. The number of hydrogen-bond acceptors (Lipinski definition) is 12. The minimum absolute atomic E-state index is 0.0694. The Morgan fingerprint density at radius 3 is 0.767 bits per heavy atom. The maximum Gasteiger partial charge on any atom is 0.335 e. The van der Waals surface area contributed by atoms with Gasteiger partial charge in [0.05, 0.1) is 19.8 Å². The molecule has 0 amide bonds. The summed E-state index contributed by atoms with van der Waals surface area (Å²) in [5.74, 6) is -7.07. The largest absolute Gasteiger partial charge is 0.479 e. The third-order valence-electron chi connectivity index (χ3n) is 2.86. The molecule has 0 aliphatic heterocycles. The molecule has 16 nitrogen and oxygen atoms in total. The number of aliphatic carboxylic acids is 4. The van der Waals surface area contributed by atoms with Crippen LogP contribution in [0.1, 0.15) is 0 Å². The molecule has 0 aliphatic carbocycles. The molecule has 0 aliphatic rings. The Morgan fingerprint density at radius 1 is 0.500 bits per heavy atom. The molecule has 16 heteroatoms. The van der Waals surface area contributed by atoms with Crippen LogP contribution in [-0.4, -0.2) is 149 Å². The van der Waals surface area contributed by atoms with Crippen LogP contribution in [0.3, 0.4) is 0 Å². The quantitative estimate of drug-likeness (QED) is 0.132. The van der Waals surface area contributed by atoms with Crippen LogP contribution in [0.25, 0.3) is 0 Å². The lowest BCUT2D eigenvalue weighted by Gasteiger charge is -2.17. The third kappa shape index (κ3) is 16.5. The standard InChI is InChI=1S/C6H15NO3.2C4H6O6/c8-4-1-7(2-5-9)3-6-10;2*5-1(3(7)8)2(6)4(9)10/h8-10H,1-6H2;2*1-2,5-6H,(H,7,8)(H,9,10). The predicted molar refractivity (Wildman–Crippen MR) is 92.3 cm³/mol. The van der Waals surface area contributed by atoms with Crippen LogP contribution in [0, 0.1) is 0 Å². The van der Waals surface area contributed by atoms with Crippen LogP contribution in [0.5, 0.6) is 0 Å². The molecular weight excluding hydrogens is 422 g/mol. The molecule has 30 heavy (non-hydrogen) atoms. The van der Waals surface area contributed by atoms with Crippen molar-refractivity contribution >= 4 is 23.9 Å². The van der Waals surface area contributed by atoms with Crippen LogP contribution in [-0.2, 0) is 19.2 Å². The summed E-state index contributed by atoms with van der Waals surface area (Å²) in [7, 11) is 0. The zero-order valence-corrected chi connectivity index (χ0v) is 15.6. The van der Waals surface area contributed by atoms with Gasteiger partial charge in [0, 0.05) is 19.6 Å². The van der Waals surface area contributed by atoms with E-state index in [1.54, 1.807) is 4.90 Å². The van der Waals surface area contributed by atoms with Gasteiger partial charge in [-0.25, -0.2) is 19.2 Å². The van der Waals surface area contributed by atoms with Crippen molar-refractivity contribution in [2.24, 2.45) is 0 Å². The van der Waals surface area contributed by atoms with Crippen LogP contribution >= 0.6 is 0 Å². The highest BCUT2D eigenvalue weighted by molar-refractivity contribution is 5.83. The van der Waals surface area contributed by atoms with Gasteiger partial charge in [0.15, 0.2) is 24.4 Å². The van der Waals surface area contributed by atoms with Gasteiger partial charge < -0.3 is 56.2 Å². The maximum absolute atomic E-state index is 9.77. The molecular formula is C14H27NO15. The van der Waals surface area contributed by atoms with Crippen LogP contribution in [0.15, 0.2) is 0 Å². The van der Waals surface area contributed by atoms with Gasteiger partial charge in [-0.15, -0.1) is 0 Å². The number of aliphatic hydroxyl groups excluding tert-OH is 7. The second-order valence-corrected chi connectivity index (χ2v) is 5.14.